The molecule has 2 N–H and O–H groups in total. The Bertz CT molecular complexity index is 310. The van der Waals surface area contributed by atoms with Crippen molar-refractivity contribution in [1.82, 2.24) is 20.2 Å². The highest BCUT2D eigenvalue weighted by Crippen LogP contribution is 2.10. The number of rotatable bonds is 6. The van der Waals surface area contributed by atoms with Gasteiger partial charge in [0, 0.05) is 24.9 Å². The van der Waals surface area contributed by atoms with Crippen LogP contribution in [0.25, 0.3) is 0 Å². The van der Waals surface area contributed by atoms with Gasteiger partial charge in [0.2, 0.25) is 0 Å². The van der Waals surface area contributed by atoms with Crippen LogP contribution in [0.3, 0.4) is 0 Å². The van der Waals surface area contributed by atoms with Crippen LogP contribution in [0, 0.1) is 0 Å². The molecule has 1 aromatic rings. The number of hydrogen-bond acceptors (Lipinski definition) is 3. The van der Waals surface area contributed by atoms with Gasteiger partial charge in [-0.15, -0.1) is 0 Å². The zero-order chi connectivity index (χ0) is 12.6. The second kappa shape index (κ2) is 7.54. The number of imidazole rings is 1. The van der Waals surface area contributed by atoms with E-state index in [0.717, 1.165) is 24.8 Å². The molecule has 0 aliphatic carbocycles. The number of hydrogen-bond donors (Lipinski definition) is 2. The highest BCUT2D eigenvalue weighted by molar-refractivity contribution is 4.87. The van der Waals surface area contributed by atoms with E-state index in [1.54, 1.807) is 0 Å². The average Bonchev–Trinajstić information content (AvgIpc) is 2.80. The topological polar surface area (TPSA) is 44.0 Å². The molecular weight excluding hydrogens is 224 g/mol. The first-order valence-corrected chi connectivity index (χ1v) is 7.32. The average molecular weight is 250 g/mol. The van der Waals surface area contributed by atoms with Crippen LogP contribution in [0.5, 0.6) is 0 Å². The minimum Gasteiger partial charge on any atom is -0.349 e. The van der Waals surface area contributed by atoms with Crippen LogP contribution in [0.4, 0.5) is 0 Å². The van der Waals surface area contributed by atoms with Gasteiger partial charge in [-0.2, -0.15) is 0 Å². The standard InChI is InChI=1S/C14H26N4/c1-2-18-11-4-5-13(7-12-18)15-8-3-6-14-16-9-10-17-14/h9-10,13,15H,2-8,11-12H2,1H3,(H,16,17). The van der Waals surface area contributed by atoms with E-state index >= 15 is 0 Å². The lowest BCUT2D eigenvalue weighted by Gasteiger charge is -2.18. The first-order valence-electron chi connectivity index (χ1n) is 7.32. The summed E-state index contributed by atoms with van der Waals surface area (Å²) in [6, 6.07) is 0.721. The molecule has 4 nitrogen and oxygen atoms in total. The van der Waals surface area contributed by atoms with Crippen molar-refractivity contribution < 1.29 is 0 Å². The van der Waals surface area contributed by atoms with Crippen molar-refractivity contribution in [3.8, 4) is 0 Å². The van der Waals surface area contributed by atoms with Gasteiger partial charge in [-0.25, -0.2) is 4.98 Å². The quantitative estimate of drug-likeness (QED) is 0.757. The van der Waals surface area contributed by atoms with Gasteiger partial charge in [0.05, 0.1) is 0 Å². The van der Waals surface area contributed by atoms with Gasteiger partial charge in [0.15, 0.2) is 0 Å². The van der Waals surface area contributed by atoms with Crippen molar-refractivity contribution in [3.05, 3.63) is 18.2 Å². The third-order valence-electron chi connectivity index (χ3n) is 3.85. The summed E-state index contributed by atoms with van der Waals surface area (Å²) < 4.78 is 0. The van der Waals surface area contributed by atoms with E-state index < -0.39 is 0 Å². The lowest BCUT2D eigenvalue weighted by molar-refractivity contribution is 0.297. The Hall–Kier alpha value is -0.870. The summed E-state index contributed by atoms with van der Waals surface area (Å²) in [7, 11) is 0. The van der Waals surface area contributed by atoms with Crippen molar-refractivity contribution in [3.63, 3.8) is 0 Å². The van der Waals surface area contributed by atoms with Gasteiger partial charge >= 0.3 is 0 Å². The number of aromatic amines is 1. The van der Waals surface area contributed by atoms with Crippen LogP contribution < -0.4 is 5.32 Å². The van der Waals surface area contributed by atoms with Crippen molar-refractivity contribution >= 4 is 0 Å². The zero-order valence-electron chi connectivity index (χ0n) is 11.5. The van der Waals surface area contributed by atoms with E-state index in [-0.39, 0.29) is 0 Å². The Balaban J connectivity index is 1.58. The van der Waals surface area contributed by atoms with Crippen LogP contribution in [0.15, 0.2) is 12.4 Å². The largest absolute Gasteiger partial charge is 0.349 e. The first kappa shape index (κ1) is 13.6. The Labute approximate surface area is 110 Å². The lowest BCUT2D eigenvalue weighted by Crippen LogP contribution is -2.31. The maximum absolute atomic E-state index is 4.25. The number of nitrogens with one attached hydrogen (secondary N) is 2. The Morgan fingerprint density at radius 3 is 3.17 bits per heavy atom. The summed E-state index contributed by atoms with van der Waals surface area (Å²) in [6.45, 7) is 7.10. The molecule has 0 amide bonds. The minimum atomic E-state index is 0.721. The van der Waals surface area contributed by atoms with Crippen LogP contribution in [-0.4, -0.2) is 47.1 Å². The van der Waals surface area contributed by atoms with E-state index in [1.807, 2.05) is 12.4 Å². The molecule has 2 rings (SSSR count). The smallest absolute Gasteiger partial charge is 0.106 e. The van der Waals surface area contributed by atoms with Gasteiger partial charge < -0.3 is 15.2 Å². The molecule has 0 aromatic carbocycles. The van der Waals surface area contributed by atoms with Crippen molar-refractivity contribution in [2.75, 3.05) is 26.2 Å². The summed E-state index contributed by atoms with van der Waals surface area (Å²) in [5.41, 5.74) is 0. The van der Waals surface area contributed by atoms with E-state index in [1.165, 1.54) is 45.3 Å². The molecule has 1 aromatic heterocycles. The molecule has 1 aliphatic rings. The molecule has 1 fully saturated rings. The predicted octanol–water partition coefficient (Wildman–Crippen LogP) is 1.81. The third kappa shape index (κ3) is 4.42. The molecule has 1 unspecified atom stereocenters. The normalized spacial score (nSPS) is 21.9. The molecule has 2 heterocycles. The fourth-order valence-electron chi connectivity index (χ4n) is 2.67. The Kier molecular flexibility index (Phi) is 5.68. The SMILES string of the molecule is CCN1CCCC(NCCCc2ncc[nH]2)CC1. The summed E-state index contributed by atoms with van der Waals surface area (Å²) >= 11 is 0. The van der Waals surface area contributed by atoms with Crippen molar-refractivity contribution in [2.24, 2.45) is 0 Å². The molecule has 1 atom stereocenters. The zero-order valence-corrected chi connectivity index (χ0v) is 11.5. The molecule has 102 valence electrons. The number of aromatic nitrogens is 2. The Morgan fingerprint density at radius 2 is 2.39 bits per heavy atom. The van der Waals surface area contributed by atoms with Gasteiger partial charge in [0.25, 0.3) is 0 Å². The van der Waals surface area contributed by atoms with Gasteiger partial charge in [0.1, 0.15) is 5.82 Å². The van der Waals surface area contributed by atoms with E-state index in [9.17, 15) is 0 Å². The molecule has 4 heteroatoms. The number of likely N-dealkylation sites (tertiary alicyclic amines) is 1. The molecule has 0 spiro atoms. The summed E-state index contributed by atoms with van der Waals surface area (Å²) in [5, 5.41) is 3.70. The predicted molar refractivity (Wildman–Crippen MR) is 74.7 cm³/mol. The van der Waals surface area contributed by atoms with E-state index in [0.29, 0.717) is 0 Å². The van der Waals surface area contributed by atoms with Gasteiger partial charge in [-0.1, -0.05) is 6.92 Å². The highest BCUT2D eigenvalue weighted by Gasteiger charge is 2.14. The number of nitrogens with zero attached hydrogens (tertiary/aromatic N) is 2. The maximum Gasteiger partial charge on any atom is 0.106 e. The van der Waals surface area contributed by atoms with Crippen LogP contribution in [0.2, 0.25) is 0 Å². The fourth-order valence-corrected chi connectivity index (χ4v) is 2.67. The van der Waals surface area contributed by atoms with E-state index in [2.05, 4.69) is 27.1 Å². The van der Waals surface area contributed by atoms with Crippen LogP contribution in [0.1, 0.15) is 38.4 Å². The van der Waals surface area contributed by atoms with E-state index in [4.69, 9.17) is 0 Å². The highest BCUT2D eigenvalue weighted by atomic mass is 15.1. The molecule has 0 saturated carbocycles. The van der Waals surface area contributed by atoms with Gasteiger partial charge in [-0.3, -0.25) is 0 Å². The second-order valence-electron chi connectivity index (χ2n) is 5.16. The van der Waals surface area contributed by atoms with Crippen molar-refractivity contribution in [2.45, 2.75) is 45.1 Å². The van der Waals surface area contributed by atoms with Crippen molar-refractivity contribution in [1.29, 1.82) is 0 Å². The molecular formula is C14H26N4. The third-order valence-corrected chi connectivity index (χ3v) is 3.85. The lowest BCUT2D eigenvalue weighted by atomic mass is 10.1. The van der Waals surface area contributed by atoms with Gasteiger partial charge in [-0.05, 0) is 51.9 Å². The molecule has 1 saturated heterocycles. The second-order valence-corrected chi connectivity index (χ2v) is 5.16. The monoisotopic (exact) mass is 250 g/mol. The molecule has 0 radical (unpaired) electrons. The fraction of sp³-hybridized carbons (Fsp3) is 0.786. The Morgan fingerprint density at radius 1 is 1.44 bits per heavy atom. The van der Waals surface area contributed by atoms with Crippen LogP contribution in [-0.2, 0) is 6.42 Å². The van der Waals surface area contributed by atoms with Crippen LogP contribution >= 0.6 is 0 Å². The minimum absolute atomic E-state index is 0.721. The maximum atomic E-state index is 4.25. The molecule has 1 aliphatic heterocycles. The molecule has 18 heavy (non-hydrogen) atoms. The summed E-state index contributed by atoms with van der Waals surface area (Å²) in [5.74, 6) is 1.11. The first-order chi connectivity index (χ1) is 8.88. The molecule has 0 bridgehead atoms. The number of aryl methyl sites for hydroxylation is 1. The summed E-state index contributed by atoms with van der Waals surface area (Å²) in [6.07, 6.45) is 9.91. The summed E-state index contributed by atoms with van der Waals surface area (Å²) in [4.78, 5) is 9.96. The number of H-pyrrole nitrogens is 1.